The third kappa shape index (κ3) is 6.28. The van der Waals surface area contributed by atoms with E-state index in [0.29, 0.717) is 0 Å². The van der Waals surface area contributed by atoms with E-state index in [1.807, 2.05) is 0 Å². The van der Waals surface area contributed by atoms with Gasteiger partial charge in [0, 0.05) is 57.3 Å². The van der Waals surface area contributed by atoms with E-state index in [0.717, 1.165) is 45.5 Å². The van der Waals surface area contributed by atoms with Crippen molar-refractivity contribution in [2.45, 2.75) is 41.5 Å². The van der Waals surface area contributed by atoms with Crippen molar-refractivity contribution in [3.05, 3.63) is 234 Å². The van der Waals surface area contributed by atoms with Crippen LogP contribution in [0.5, 0.6) is 11.5 Å². The molecular formula is C66H51B2N3O. The van der Waals surface area contributed by atoms with Crippen LogP contribution in [-0.2, 0) is 0 Å². The normalized spacial score (nSPS) is 13.4. The predicted octanol–water partition coefficient (Wildman–Crippen LogP) is 13.4. The molecule has 10 aromatic carbocycles. The summed E-state index contributed by atoms with van der Waals surface area (Å²) in [5.74, 6) is 1.78. The number of rotatable bonds is 5. The number of benzene rings is 10. The largest absolute Gasteiger partial charge is 0.458 e. The highest BCUT2D eigenvalue weighted by atomic mass is 16.5. The van der Waals surface area contributed by atoms with Gasteiger partial charge in [-0.15, -0.1) is 0 Å². The minimum absolute atomic E-state index is 0.0731. The van der Waals surface area contributed by atoms with Gasteiger partial charge in [-0.05, 0) is 192 Å². The van der Waals surface area contributed by atoms with Gasteiger partial charge >= 0.3 is 0 Å². The number of para-hydroxylation sites is 5. The van der Waals surface area contributed by atoms with Crippen LogP contribution in [0.15, 0.2) is 200 Å². The molecule has 0 saturated heterocycles. The van der Waals surface area contributed by atoms with Gasteiger partial charge in [0.1, 0.15) is 11.5 Å². The van der Waals surface area contributed by atoms with Gasteiger partial charge in [-0.2, -0.15) is 0 Å². The van der Waals surface area contributed by atoms with Gasteiger partial charge in [-0.1, -0.05) is 132 Å². The first-order valence-corrected chi connectivity index (χ1v) is 25.3. The Morgan fingerprint density at radius 1 is 0.306 bits per heavy atom. The fourth-order valence-corrected chi connectivity index (χ4v) is 13.3. The van der Waals surface area contributed by atoms with Crippen molar-refractivity contribution >= 4 is 97.4 Å². The summed E-state index contributed by atoms with van der Waals surface area (Å²) in [5, 5.41) is 0. The van der Waals surface area contributed by atoms with Gasteiger partial charge in [0.25, 0.3) is 13.4 Å². The van der Waals surface area contributed by atoms with Crippen LogP contribution in [0.25, 0.3) is 22.3 Å². The molecule has 4 nitrogen and oxygen atoms in total. The zero-order valence-electron chi connectivity index (χ0n) is 41.5. The van der Waals surface area contributed by atoms with Gasteiger partial charge in [0.2, 0.25) is 0 Å². The Kier molecular flexibility index (Phi) is 9.44. The number of hydrogen-bond donors (Lipinski definition) is 0. The molecule has 0 spiro atoms. The van der Waals surface area contributed by atoms with E-state index in [1.54, 1.807) is 0 Å². The molecule has 72 heavy (non-hydrogen) atoms. The smallest absolute Gasteiger partial charge is 0.256 e. The molecule has 10 aromatic rings. The van der Waals surface area contributed by atoms with Crippen molar-refractivity contribution in [3.63, 3.8) is 0 Å². The number of anilines is 9. The molecule has 342 valence electrons. The van der Waals surface area contributed by atoms with Crippen LogP contribution in [0.3, 0.4) is 0 Å². The minimum atomic E-state index is -0.0879. The second-order valence-corrected chi connectivity index (χ2v) is 20.4. The van der Waals surface area contributed by atoms with E-state index in [4.69, 9.17) is 4.74 Å². The summed E-state index contributed by atoms with van der Waals surface area (Å²) >= 11 is 0. The van der Waals surface area contributed by atoms with Crippen LogP contribution in [0.1, 0.15) is 33.4 Å². The zero-order chi connectivity index (χ0) is 48.5. The average molecular weight is 924 g/mol. The molecule has 0 fully saturated rings. The first kappa shape index (κ1) is 42.4. The Labute approximate surface area is 423 Å². The second kappa shape index (κ2) is 16.0. The predicted molar refractivity (Wildman–Crippen MR) is 306 cm³/mol. The molecule has 4 aliphatic rings. The van der Waals surface area contributed by atoms with Gasteiger partial charge in [-0.25, -0.2) is 0 Å². The molecular weight excluding hydrogens is 872 g/mol. The number of aryl methyl sites for hydroxylation is 6. The van der Waals surface area contributed by atoms with E-state index in [-0.39, 0.29) is 13.4 Å². The molecule has 0 saturated carbocycles. The summed E-state index contributed by atoms with van der Waals surface area (Å²) in [6.07, 6.45) is 0. The standard InChI is InChI=1S/C66H51B2N3O/c1-40-30-42(3)63(43(4)31-40)46-34-58-65-59(35-46)71(50-24-14-9-15-25-50)57-39-61-54(38-53(57)67(65)51-26-16-18-28-55(51)69(58)48-20-10-7-11-21-48)68-52-27-17-19-29-56(52)70(49-22-12-8-13-23-49)60-36-47(37-62(72-61)66(60)68)64-44(5)32-41(2)33-45(64)6/h7-39H,1-6H3. The summed E-state index contributed by atoms with van der Waals surface area (Å²) in [6, 6.07) is 74.7. The fourth-order valence-electron chi connectivity index (χ4n) is 13.3. The second-order valence-electron chi connectivity index (χ2n) is 20.4. The molecule has 0 amide bonds. The van der Waals surface area contributed by atoms with Crippen molar-refractivity contribution in [1.29, 1.82) is 0 Å². The molecule has 0 aliphatic carbocycles. The highest BCUT2D eigenvalue weighted by Crippen LogP contribution is 2.49. The monoisotopic (exact) mass is 923 g/mol. The molecule has 0 N–H and O–H groups in total. The van der Waals surface area contributed by atoms with Crippen molar-refractivity contribution in [3.8, 4) is 33.8 Å². The van der Waals surface area contributed by atoms with E-state index < -0.39 is 0 Å². The highest BCUT2D eigenvalue weighted by Gasteiger charge is 2.47. The summed E-state index contributed by atoms with van der Waals surface area (Å²) in [5.41, 5.74) is 30.4. The number of fused-ring (bicyclic) bond motifs is 8. The highest BCUT2D eigenvalue weighted by molar-refractivity contribution is 7.02. The summed E-state index contributed by atoms with van der Waals surface area (Å²) in [6.45, 7) is 13.2. The van der Waals surface area contributed by atoms with Crippen LogP contribution in [0, 0.1) is 41.5 Å². The summed E-state index contributed by atoms with van der Waals surface area (Å²) < 4.78 is 7.55. The summed E-state index contributed by atoms with van der Waals surface area (Å²) in [7, 11) is 0. The lowest BCUT2D eigenvalue weighted by Crippen LogP contribution is -2.64. The van der Waals surface area contributed by atoms with E-state index in [2.05, 4.69) is 256 Å². The maximum Gasteiger partial charge on any atom is 0.256 e. The molecule has 0 unspecified atom stereocenters. The van der Waals surface area contributed by atoms with Gasteiger partial charge in [-0.3, -0.25) is 0 Å². The average Bonchev–Trinajstić information content (AvgIpc) is 3.38. The van der Waals surface area contributed by atoms with Crippen LogP contribution >= 0.6 is 0 Å². The van der Waals surface area contributed by atoms with Gasteiger partial charge in [0.05, 0.1) is 0 Å². The number of ether oxygens (including phenoxy) is 1. The Morgan fingerprint density at radius 2 is 0.694 bits per heavy atom. The molecule has 0 atom stereocenters. The van der Waals surface area contributed by atoms with Gasteiger partial charge < -0.3 is 19.4 Å². The summed E-state index contributed by atoms with van der Waals surface area (Å²) in [4.78, 5) is 7.50. The van der Waals surface area contributed by atoms with Crippen molar-refractivity contribution in [2.24, 2.45) is 0 Å². The molecule has 6 heteroatoms. The van der Waals surface area contributed by atoms with Crippen LogP contribution in [0.2, 0.25) is 0 Å². The number of hydrogen-bond acceptors (Lipinski definition) is 4. The maximum atomic E-state index is 7.55. The van der Waals surface area contributed by atoms with Crippen LogP contribution < -0.4 is 52.2 Å². The third-order valence-corrected chi connectivity index (χ3v) is 15.8. The van der Waals surface area contributed by atoms with Crippen LogP contribution in [0.4, 0.5) is 51.2 Å². The van der Waals surface area contributed by atoms with E-state index >= 15 is 0 Å². The first-order chi connectivity index (χ1) is 35.2. The van der Waals surface area contributed by atoms with Crippen molar-refractivity contribution in [2.75, 3.05) is 14.7 Å². The van der Waals surface area contributed by atoms with Crippen molar-refractivity contribution in [1.82, 2.24) is 0 Å². The quantitative estimate of drug-likeness (QED) is 0.160. The van der Waals surface area contributed by atoms with Crippen LogP contribution in [-0.4, -0.2) is 13.4 Å². The first-order valence-electron chi connectivity index (χ1n) is 25.3. The third-order valence-electron chi connectivity index (χ3n) is 15.8. The topological polar surface area (TPSA) is 19.0 Å². The lowest BCUT2D eigenvalue weighted by Gasteiger charge is -2.45. The Morgan fingerprint density at radius 3 is 1.17 bits per heavy atom. The molecule has 0 radical (unpaired) electrons. The molecule has 4 aliphatic heterocycles. The van der Waals surface area contributed by atoms with E-state index in [1.165, 1.54) is 106 Å². The van der Waals surface area contributed by atoms with Gasteiger partial charge in [0.15, 0.2) is 0 Å². The molecule has 0 bridgehead atoms. The van der Waals surface area contributed by atoms with Crippen molar-refractivity contribution < 1.29 is 4.74 Å². The SMILES string of the molecule is Cc1cc(C)c(-c2cc3c4c(c2)N(c2ccccc2)c2ccccc2B4c2cc4c(cc2O3)N(c2ccccc2)c2cc(-c3c(C)cc(C)cc3C)cc3c2B4c2ccccc2N3c2ccccc2)c(C)c1. The Balaban J connectivity index is 1.08. The maximum absolute atomic E-state index is 7.55. The fraction of sp³-hybridized carbons (Fsp3) is 0.0909. The lowest BCUT2D eigenvalue weighted by molar-refractivity contribution is 0.488. The minimum Gasteiger partial charge on any atom is -0.458 e. The Hall–Kier alpha value is -8.47. The lowest BCUT2D eigenvalue weighted by atomic mass is 9.30. The Bertz CT molecular complexity index is 3840. The molecule has 0 aromatic heterocycles. The molecule has 14 rings (SSSR count). The number of nitrogens with zero attached hydrogens (tertiary/aromatic N) is 3. The molecule has 4 heterocycles. The zero-order valence-corrected chi connectivity index (χ0v) is 41.5. The van der Waals surface area contributed by atoms with E-state index in [9.17, 15) is 0 Å².